The van der Waals surface area contributed by atoms with E-state index in [-0.39, 0.29) is 43.8 Å². The van der Waals surface area contributed by atoms with Gasteiger partial charge in [0.05, 0.1) is 40.3 Å². The Morgan fingerprint density at radius 2 is 1.06 bits per heavy atom. The van der Waals surface area contributed by atoms with Crippen molar-refractivity contribution in [3.8, 4) is 62.1 Å². The normalized spacial score (nSPS) is 14.3. The Hall–Kier alpha value is -8.02. The molecule has 0 spiro atoms. The Morgan fingerprint density at radius 3 is 1.69 bits per heavy atom. The molecule has 404 valence electrons. The third kappa shape index (κ3) is 10.4. The van der Waals surface area contributed by atoms with Gasteiger partial charge in [0.2, 0.25) is 0 Å². The lowest BCUT2D eigenvalue weighted by atomic mass is 9.78. The standard InChI is InChI=1S/C75H78N4O/c1-48-35-63(49-23-18-17-19-24-49)70(64(36-48)52-39-56(74(11,12)13)43-57(40-52)75(14,15)16)78-47-77(68-41-50(29-32-66(68)78)51-37-54(72(5,6)7)42-55(38-51)73(8,9)10)58-25-22-26-59(45-58)80-60-30-31-62-61-27-20-21-28-65(61)79(67(62)46-60)69-44-53(33-34-76-69)71(2,3)4/h17-46H,1-16H3/i1D3,17D,18D,19D,23D,24D. The number of aryl methyl sites for hydroxylation is 1. The predicted octanol–water partition coefficient (Wildman–Crippen LogP) is 19.8. The zero-order chi connectivity index (χ0) is 63.7. The second-order valence-electron chi connectivity index (χ2n) is 26.8. The number of nitrogens with zero attached hydrogens (tertiary/aromatic N) is 4. The summed E-state index contributed by atoms with van der Waals surface area (Å²) in [4.78, 5) is 4.91. The first kappa shape index (κ1) is 44.8. The van der Waals surface area contributed by atoms with Crippen molar-refractivity contribution in [1.82, 2.24) is 14.1 Å². The predicted molar refractivity (Wildman–Crippen MR) is 337 cm³/mol. The van der Waals surface area contributed by atoms with Crippen molar-refractivity contribution in [2.45, 2.75) is 138 Å². The average molecular weight is 1060 g/mol. The molecule has 0 amide bonds. The van der Waals surface area contributed by atoms with Crippen LogP contribution in [0.5, 0.6) is 11.5 Å². The van der Waals surface area contributed by atoms with Gasteiger partial charge in [-0.2, -0.15) is 0 Å². The smallest absolute Gasteiger partial charge is 0.269 e. The fourth-order valence-electron chi connectivity index (χ4n) is 10.7. The van der Waals surface area contributed by atoms with Crippen LogP contribution in [0.4, 0.5) is 0 Å². The Labute approximate surface area is 486 Å². The highest BCUT2D eigenvalue weighted by molar-refractivity contribution is 6.09. The van der Waals surface area contributed by atoms with E-state index in [1.807, 2.05) is 57.8 Å². The van der Waals surface area contributed by atoms with E-state index in [4.69, 9.17) is 17.9 Å². The molecular formula is C75H78N4O. The number of hydrogen-bond donors (Lipinski definition) is 0. The molecule has 8 aromatic carbocycles. The van der Waals surface area contributed by atoms with Gasteiger partial charge >= 0.3 is 0 Å². The summed E-state index contributed by atoms with van der Waals surface area (Å²) in [7, 11) is 0. The molecule has 0 unspecified atom stereocenters. The molecule has 0 atom stereocenters. The van der Waals surface area contributed by atoms with Gasteiger partial charge in [-0.05, 0) is 150 Å². The van der Waals surface area contributed by atoms with Gasteiger partial charge in [0, 0.05) is 27.1 Å². The molecule has 11 aromatic rings. The summed E-state index contributed by atoms with van der Waals surface area (Å²) in [5.41, 5.74) is 12.0. The second-order valence-corrected chi connectivity index (χ2v) is 26.8. The fraction of sp³-hybridized carbons (Fsp3) is 0.280. The average Bonchev–Trinajstić information content (AvgIpc) is 1.47. The first-order valence-electron chi connectivity index (χ1n) is 31.8. The van der Waals surface area contributed by atoms with Crippen LogP contribution in [0.25, 0.3) is 83.4 Å². The molecular weight excluding hydrogens is 973 g/mol. The molecule has 80 heavy (non-hydrogen) atoms. The largest absolute Gasteiger partial charge is 0.458 e. The molecule has 0 bridgehead atoms. The number of benzene rings is 8. The Bertz CT molecular complexity index is 4510. The maximum atomic E-state index is 9.53. The van der Waals surface area contributed by atoms with E-state index in [1.54, 1.807) is 6.07 Å². The van der Waals surface area contributed by atoms with Gasteiger partial charge in [-0.25, -0.2) is 4.98 Å². The van der Waals surface area contributed by atoms with Gasteiger partial charge in [-0.15, -0.1) is 0 Å². The number of para-hydroxylation sites is 1. The van der Waals surface area contributed by atoms with Crippen molar-refractivity contribution in [1.29, 1.82) is 0 Å². The van der Waals surface area contributed by atoms with Crippen molar-refractivity contribution >= 4 is 32.8 Å². The molecule has 3 heterocycles. The van der Waals surface area contributed by atoms with E-state index in [9.17, 15) is 2.74 Å². The minimum Gasteiger partial charge on any atom is -0.458 e. The molecule has 0 saturated carbocycles. The van der Waals surface area contributed by atoms with Gasteiger partial charge in [0.25, 0.3) is 6.33 Å². The van der Waals surface area contributed by atoms with E-state index in [0.717, 1.165) is 55.4 Å². The van der Waals surface area contributed by atoms with Crippen LogP contribution < -0.4 is 9.30 Å². The summed E-state index contributed by atoms with van der Waals surface area (Å²) < 4.78 is 85.7. The first-order chi connectivity index (χ1) is 41.0. The van der Waals surface area contributed by atoms with Crippen LogP contribution >= 0.6 is 0 Å². The van der Waals surface area contributed by atoms with Gasteiger partial charge in [-0.3, -0.25) is 13.7 Å². The number of hydrogen-bond acceptors (Lipinski definition) is 2. The second kappa shape index (κ2) is 19.7. The number of fused-ring (bicyclic) bond motifs is 4. The van der Waals surface area contributed by atoms with E-state index in [2.05, 4.69) is 206 Å². The van der Waals surface area contributed by atoms with E-state index in [0.29, 0.717) is 39.5 Å². The first-order valence-corrected chi connectivity index (χ1v) is 27.8. The molecule has 0 saturated heterocycles. The number of aromatic nitrogens is 4. The minimum absolute atomic E-state index is 0.0513. The van der Waals surface area contributed by atoms with E-state index in [1.165, 1.54) is 22.8 Å². The zero-order valence-electron chi connectivity index (χ0n) is 57.1. The lowest BCUT2D eigenvalue weighted by molar-refractivity contribution is -0.571. The molecule has 0 radical (unpaired) electrons. The van der Waals surface area contributed by atoms with Gasteiger partial charge in [-0.1, -0.05) is 225 Å². The summed E-state index contributed by atoms with van der Waals surface area (Å²) in [5, 5.41) is 2.16. The van der Waals surface area contributed by atoms with Crippen molar-refractivity contribution in [2.75, 3.05) is 0 Å². The molecule has 3 aromatic heterocycles. The third-order valence-electron chi connectivity index (χ3n) is 15.5. The van der Waals surface area contributed by atoms with Gasteiger partial charge in [0.1, 0.15) is 17.3 Å². The summed E-state index contributed by atoms with van der Waals surface area (Å²) in [6.07, 6.45) is 5.64. The van der Waals surface area contributed by atoms with Crippen molar-refractivity contribution in [3.63, 3.8) is 0 Å². The number of ether oxygens (including phenoxy) is 1. The number of rotatable bonds is 8. The third-order valence-corrected chi connectivity index (χ3v) is 15.5. The lowest BCUT2D eigenvalue weighted by Crippen LogP contribution is -2.31. The molecule has 0 N–H and O–H groups in total. The maximum Gasteiger partial charge on any atom is 0.269 e. The highest BCUT2D eigenvalue weighted by Gasteiger charge is 2.27. The van der Waals surface area contributed by atoms with Crippen LogP contribution in [-0.4, -0.2) is 14.1 Å². The van der Waals surface area contributed by atoms with Crippen molar-refractivity contribution < 1.29 is 20.3 Å². The van der Waals surface area contributed by atoms with Crippen LogP contribution in [0.2, 0.25) is 0 Å². The van der Waals surface area contributed by atoms with Crippen molar-refractivity contribution in [3.05, 3.63) is 222 Å². The monoisotopic (exact) mass is 1060 g/mol. The topological polar surface area (TPSA) is 35.9 Å². The highest BCUT2D eigenvalue weighted by Crippen LogP contribution is 2.42. The number of imidazole rings is 1. The van der Waals surface area contributed by atoms with Gasteiger partial charge < -0.3 is 4.74 Å². The Balaban J connectivity index is 1.21. The highest BCUT2D eigenvalue weighted by atomic mass is 16.5. The molecule has 5 nitrogen and oxygen atoms in total. The van der Waals surface area contributed by atoms with Crippen LogP contribution in [0.15, 0.2) is 182 Å². The van der Waals surface area contributed by atoms with E-state index < -0.39 is 37.1 Å². The SMILES string of the molecule is [2H]c1c([2H])c([2H])c(-c2cc(C([2H])([2H])[2H])cc(-c3cc(C(C)(C)C)cc(C(C)(C)C)c3)c2-[n+]2[c-]n(-c3cccc(Oc4ccc5c6ccccc6n(-c6cc(C(C)(C)C)ccn6)c5c4)c3)c3cc(-c4cc(C(C)(C)C)cc(C(C)(C)C)c4)ccc32)c([2H])c1[2H]. The zero-order valence-corrected chi connectivity index (χ0v) is 49.1. The molecule has 0 aliphatic carbocycles. The fourth-order valence-corrected chi connectivity index (χ4v) is 10.7. The van der Waals surface area contributed by atoms with Gasteiger partial charge in [0.15, 0.2) is 0 Å². The Morgan fingerprint density at radius 1 is 0.475 bits per heavy atom. The van der Waals surface area contributed by atoms with E-state index >= 15 is 0 Å². The van der Waals surface area contributed by atoms with Crippen LogP contribution in [-0.2, 0) is 27.1 Å². The minimum atomic E-state index is -2.68. The molecule has 0 fully saturated rings. The van der Waals surface area contributed by atoms with Crippen LogP contribution in [0, 0.1) is 13.2 Å². The summed E-state index contributed by atoms with van der Waals surface area (Å²) in [5.74, 6) is 1.97. The summed E-state index contributed by atoms with van der Waals surface area (Å²) >= 11 is 0. The molecule has 11 rings (SSSR count). The molecule has 5 heteroatoms. The molecule has 0 aliphatic heterocycles. The number of pyridine rings is 1. The quantitative estimate of drug-likeness (QED) is 0.112. The summed E-state index contributed by atoms with van der Waals surface area (Å²) in [6, 6.07) is 46.7. The maximum absolute atomic E-state index is 9.53. The van der Waals surface area contributed by atoms with Crippen LogP contribution in [0.3, 0.4) is 0 Å². The Kier molecular flexibility index (Phi) is 11.0. The summed E-state index contributed by atoms with van der Waals surface area (Å²) in [6.45, 7) is 30.2. The lowest BCUT2D eigenvalue weighted by Gasteiger charge is -2.27. The molecule has 0 aliphatic rings. The van der Waals surface area contributed by atoms with Crippen molar-refractivity contribution in [2.24, 2.45) is 0 Å². The van der Waals surface area contributed by atoms with Crippen LogP contribution in [0.1, 0.15) is 148 Å².